The van der Waals surface area contributed by atoms with Gasteiger partial charge in [0.05, 0.1) is 5.39 Å². The van der Waals surface area contributed by atoms with Gasteiger partial charge >= 0.3 is 0 Å². The Morgan fingerprint density at radius 1 is 1.32 bits per heavy atom. The van der Waals surface area contributed by atoms with Crippen LogP contribution in [0.15, 0.2) is 33.5 Å². The number of aliphatic hydroxyl groups is 1. The fourth-order valence-corrected chi connectivity index (χ4v) is 2.02. The maximum atomic E-state index is 11.8. The Hall–Kier alpha value is -1.85. The summed E-state index contributed by atoms with van der Waals surface area (Å²) in [5, 5.41) is 13.6. The first-order valence-corrected chi connectivity index (χ1v) is 7.35. The summed E-state index contributed by atoms with van der Waals surface area (Å²) < 4.78 is 11.1. The average molecular weight is 305 g/mol. The third-order valence-electron chi connectivity index (χ3n) is 3.13. The fourth-order valence-electron chi connectivity index (χ4n) is 2.02. The zero-order valence-electron chi connectivity index (χ0n) is 13.5. The minimum Gasteiger partial charge on any atom is -0.491 e. The van der Waals surface area contributed by atoms with Gasteiger partial charge in [0.25, 0.3) is 0 Å². The highest BCUT2D eigenvalue weighted by atomic mass is 16.5. The second kappa shape index (κ2) is 6.50. The smallest absolute Gasteiger partial charge is 0.192 e. The molecule has 22 heavy (non-hydrogen) atoms. The number of β-amino-alcohol motifs (C(OH)–C–C–N with tert-alkyl or cyclic N) is 1. The number of aryl methyl sites for hydroxylation is 1. The van der Waals surface area contributed by atoms with Crippen molar-refractivity contribution in [1.82, 2.24) is 5.32 Å². The van der Waals surface area contributed by atoms with E-state index in [4.69, 9.17) is 9.15 Å². The molecule has 1 aromatic heterocycles. The molecule has 2 N–H and O–H groups in total. The summed E-state index contributed by atoms with van der Waals surface area (Å²) >= 11 is 0. The predicted molar refractivity (Wildman–Crippen MR) is 86.5 cm³/mol. The Kier molecular flexibility index (Phi) is 4.88. The second-order valence-corrected chi connectivity index (χ2v) is 6.47. The zero-order chi connectivity index (χ0) is 16.3. The molecule has 120 valence electrons. The lowest BCUT2D eigenvalue weighted by atomic mass is 10.1. The van der Waals surface area contributed by atoms with E-state index in [1.54, 1.807) is 25.1 Å². The van der Waals surface area contributed by atoms with Crippen molar-refractivity contribution in [2.24, 2.45) is 0 Å². The van der Waals surface area contributed by atoms with E-state index >= 15 is 0 Å². The molecule has 0 radical (unpaired) electrons. The van der Waals surface area contributed by atoms with Crippen molar-refractivity contribution >= 4 is 11.0 Å². The van der Waals surface area contributed by atoms with Gasteiger partial charge in [0.15, 0.2) is 5.43 Å². The van der Waals surface area contributed by atoms with Crippen LogP contribution in [0.2, 0.25) is 0 Å². The van der Waals surface area contributed by atoms with Gasteiger partial charge in [0.2, 0.25) is 0 Å². The van der Waals surface area contributed by atoms with Crippen molar-refractivity contribution in [3.63, 3.8) is 0 Å². The summed E-state index contributed by atoms with van der Waals surface area (Å²) in [4.78, 5) is 11.8. The van der Waals surface area contributed by atoms with Crippen LogP contribution in [-0.2, 0) is 0 Å². The van der Waals surface area contributed by atoms with Crippen LogP contribution in [0.5, 0.6) is 5.75 Å². The molecule has 0 aliphatic rings. The number of rotatable bonds is 5. The van der Waals surface area contributed by atoms with Crippen molar-refractivity contribution in [3.8, 4) is 5.75 Å². The van der Waals surface area contributed by atoms with E-state index in [2.05, 4.69) is 5.32 Å². The van der Waals surface area contributed by atoms with Crippen LogP contribution in [0.25, 0.3) is 11.0 Å². The van der Waals surface area contributed by atoms with E-state index in [1.807, 2.05) is 20.8 Å². The van der Waals surface area contributed by atoms with Crippen molar-refractivity contribution in [3.05, 3.63) is 40.2 Å². The van der Waals surface area contributed by atoms with Gasteiger partial charge in [-0.25, -0.2) is 0 Å². The summed E-state index contributed by atoms with van der Waals surface area (Å²) in [6, 6.07) is 6.52. The summed E-state index contributed by atoms with van der Waals surface area (Å²) in [7, 11) is 0. The fraction of sp³-hybridized carbons (Fsp3) is 0.471. The molecule has 1 atom stereocenters. The van der Waals surface area contributed by atoms with Gasteiger partial charge in [-0.2, -0.15) is 0 Å². The molecule has 0 bridgehead atoms. The normalized spacial score (nSPS) is 13.3. The Labute approximate surface area is 129 Å². The topological polar surface area (TPSA) is 71.7 Å². The molecule has 2 aromatic rings. The molecule has 0 spiro atoms. The maximum Gasteiger partial charge on any atom is 0.192 e. The summed E-state index contributed by atoms with van der Waals surface area (Å²) in [5.41, 5.74) is 0.370. The highest BCUT2D eigenvalue weighted by molar-refractivity contribution is 5.77. The highest BCUT2D eigenvalue weighted by Crippen LogP contribution is 2.19. The first-order chi connectivity index (χ1) is 10.2. The van der Waals surface area contributed by atoms with Gasteiger partial charge in [-0.15, -0.1) is 0 Å². The van der Waals surface area contributed by atoms with Gasteiger partial charge in [0.1, 0.15) is 29.8 Å². The maximum absolute atomic E-state index is 11.8. The van der Waals surface area contributed by atoms with Crippen molar-refractivity contribution < 1.29 is 14.3 Å². The van der Waals surface area contributed by atoms with E-state index in [1.165, 1.54) is 6.07 Å². The van der Waals surface area contributed by atoms with Crippen molar-refractivity contribution in [1.29, 1.82) is 0 Å². The van der Waals surface area contributed by atoms with Gasteiger partial charge in [0, 0.05) is 24.2 Å². The molecule has 0 fully saturated rings. The molecular weight excluding hydrogens is 282 g/mol. The van der Waals surface area contributed by atoms with E-state index < -0.39 is 6.10 Å². The second-order valence-electron chi connectivity index (χ2n) is 6.47. The monoisotopic (exact) mass is 305 g/mol. The zero-order valence-corrected chi connectivity index (χ0v) is 13.5. The largest absolute Gasteiger partial charge is 0.491 e. The first-order valence-electron chi connectivity index (χ1n) is 7.35. The van der Waals surface area contributed by atoms with E-state index in [0.29, 0.717) is 29.0 Å². The molecule has 1 heterocycles. The average Bonchev–Trinajstić information content (AvgIpc) is 2.41. The summed E-state index contributed by atoms with van der Waals surface area (Å²) in [6.45, 7) is 8.46. The molecule has 0 amide bonds. The summed E-state index contributed by atoms with van der Waals surface area (Å²) in [6.07, 6.45) is -0.612. The molecule has 2 rings (SSSR count). The van der Waals surface area contributed by atoms with Crippen LogP contribution >= 0.6 is 0 Å². The molecule has 0 aliphatic carbocycles. The third kappa shape index (κ3) is 4.58. The van der Waals surface area contributed by atoms with Crippen LogP contribution in [0.3, 0.4) is 0 Å². The number of hydrogen-bond donors (Lipinski definition) is 2. The molecule has 1 aromatic carbocycles. The molecular formula is C17H23NO4. The number of nitrogens with one attached hydrogen (secondary N) is 1. The lowest BCUT2D eigenvalue weighted by Gasteiger charge is -2.22. The highest BCUT2D eigenvalue weighted by Gasteiger charge is 2.13. The SMILES string of the molecule is Cc1cc(=O)c2ccc(OCC(O)CNC(C)(C)C)cc2o1. The Bertz CT molecular complexity index is 700. The van der Waals surface area contributed by atoms with Crippen LogP contribution in [0.1, 0.15) is 26.5 Å². The Morgan fingerprint density at radius 2 is 2.05 bits per heavy atom. The van der Waals surface area contributed by atoms with Gasteiger partial charge in [-0.05, 0) is 39.8 Å². The molecule has 5 heteroatoms. The number of aliphatic hydroxyl groups excluding tert-OH is 1. The lowest BCUT2D eigenvalue weighted by Crippen LogP contribution is -2.42. The quantitative estimate of drug-likeness (QED) is 0.886. The van der Waals surface area contributed by atoms with Crippen LogP contribution in [0, 0.1) is 6.92 Å². The lowest BCUT2D eigenvalue weighted by molar-refractivity contribution is 0.100. The van der Waals surface area contributed by atoms with Gasteiger partial charge in [-0.3, -0.25) is 4.79 Å². The van der Waals surface area contributed by atoms with E-state index in [0.717, 1.165) is 0 Å². The molecule has 0 aliphatic heterocycles. The first kappa shape index (κ1) is 16.5. The van der Waals surface area contributed by atoms with Crippen LogP contribution in [-0.4, -0.2) is 29.9 Å². The number of fused-ring (bicyclic) bond motifs is 1. The molecule has 0 saturated carbocycles. The van der Waals surface area contributed by atoms with Gasteiger partial charge in [-0.1, -0.05) is 0 Å². The van der Waals surface area contributed by atoms with Crippen LogP contribution in [0.4, 0.5) is 0 Å². The Morgan fingerprint density at radius 3 is 2.73 bits per heavy atom. The molecule has 1 unspecified atom stereocenters. The molecule has 5 nitrogen and oxygen atoms in total. The van der Waals surface area contributed by atoms with E-state index in [-0.39, 0.29) is 17.6 Å². The molecule has 0 saturated heterocycles. The van der Waals surface area contributed by atoms with Crippen molar-refractivity contribution in [2.75, 3.05) is 13.2 Å². The van der Waals surface area contributed by atoms with Crippen molar-refractivity contribution in [2.45, 2.75) is 39.3 Å². The third-order valence-corrected chi connectivity index (χ3v) is 3.13. The standard InChI is InChI=1S/C17H23NO4/c1-11-7-15(20)14-6-5-13(8-16(14)22-11)21-10-12(19)9-18-17(2,3)4/h5-8,12,18-19H,9-10H2,1-4H3. The van der Waals surface area contributed by atoms with Gasteiger partial charge < -0.3 is 19.6 Å². The van der Waals surface area contributed by atoms with Crippen LogP contribution < -0.4 is 15.5 Å². The van der Waals surface area contributed by atoms with E-state index in [9.17, 15) is 9.90 Å². The number of benzene rings is 1. The minimum atomic E-state index is -0.612. The Balaban J connectivity index is 2.02. The number of hydrogen-bond acceptors (Lipinski definition) is 5. The predicted octanol–water partition coefficient (Wildman–Crippen LogP) is 2.23. The minimum absolute atomic E-state index is 0.0507. The number of ether oxygens (including phenoxy) is 1. The summed E-state index contributed by atoms with van der Waals surface area (Å²) in [5.74, 6) is 1.13.